The van der Waals surface area contributed by atoms with Gasteiger partial charge < -0.3 is 20.5 Å². The number of benzene rings is 2. The summed E-state index contributed by atoms with van der Waals surface area (Å²) in [6.45, 7) is 6.02. The number of fused-ring (bicyclic) bond motifs is 1. The van der Waals surface area contributed by atoms with E-state index in [-0.39, 0.29) is 12.5 Å². The summed E-state index contributed by atoms with van der Waals surface area (Å²) < 4.78 is 2.18. The van der Waals surface area contributed by atoms with Gasteiger partial charge in [0.1, 0.15) is 17.3 Å². The lowest BCUT2D eigenvalue weighted by Gasteiger charge is -2.28. The summed E-state index contributed by atoms with van der Waals surface area (Å²) in [5, 5.41) is 3.59. The zero-order chi connectivity index (χ0) is 19.7. The maximum atomic E-state index is 12.1. The highest BCUT2D eigenvalue weighted by molar-refractivity contribution is 5.79. The monoisotopic (exact) mass is 375 g/mol. The highest BCUT2D eigenvalue weighted by Gasteiger charge is 2.26. The Hall–Kier alpha value is -3.12. The number of aromatic nitrogens is 2. The molecule has 0 saturated carbocycles. The summed E-state index contributed by atoms with van der Waals surface area (Å²) in [4.78, 5) is 18.7. The van der Waals surface area contributed by atoms with Gasteiger partial charge in [0.05, 0.1) is 13.1 Å². The first kappa shape index (κ1) is 18.3. The topological polar surface area (TPSA) is 76.2 Å². The molecule has 0 fully saturated rings. The van der Waals surface area contributed by atoms with Crippen LogP contribution < -0.4 is 11.1 Å². The molecule has 6 heteroatoms. The Bertz CT molecular complexity index is 989. The van der Waals surface area contributed by atoms with Gasteiger partial charge in [-0.2, -0.15) is 0 Å². The van der Waals surface area contributed by atoms with Crippen molar-refractivity contribution in [2.75, 3.05) is 18.4 Å². The largest absolute Gasteiger partial charge is 0.340 e. The second-order valence-corrected chi connectivity index (χ2v) is 7.26. The summed E-state index contributed by atoms with van der Waals surface area (Å²) in [6, 6.07) is 16.6. The number of imidazole rings is 1. The number of amides is 1. The van der Waals surface area contributed by atoms with Gasteiger partial charge in [-0.25, -0.2) is 4.98 Å². The van der Waals surface area contributed by atoms with Gasteiger partial charge in [0.25, 0.3) is 0 Å². The number of nitrogens with one attached hydrogen (secondary N) is 1. The molecule has 144 valence electrons. The summed E-state index contributed by atoms with van der Waals surface area (Å²) >= 11 is 0. The molecule has 2 heterocycles. The van der Waals surface area contributed by atoms with E-state index < -0.39 is 0 Å². The fraction of sp³-hybridized carbons (Fsp3) is 0.273. The first-order chi connectivity index (χ1) is 13.5. The van der Waals surface area contributed by atoms with Crippen LogP contribution in [0.2, 0.25) is 0 Å². The minimum Gasteiger partial charge on any atom is -0.340 e. The molecule has 4 rings (SSSR count). The number of aryl methyl sites for hydroxylation is 2. The van der Waals surface area contributed by atoms with Crippen LogP contribution in [0.1, 0.15) is 17.0 Å². The Labute approximate surface area is 165 Å². The normalized spacial score (nSPS) is 13.3. The predicted molar refractivity (Wildman–Crippen MR) is 111 cm³/mol. The van der Waals surface area contributed by atoms with Gasteiger partial charge in [0.2, 0.25) is 5.91 Å². The van der Waals surface area contributed by atoms with Crippen molar-refractivity contribution >= 4 is 17.4 Å². The molecule has 1 aliphatic rings. The SMILES string of the molecule is Cc1cc(C)cc(Nc2c(-c3ccccc3)nc3n2CCN(C(=O)CN)C3)c1. The van der Waals surface area contributed by atoms with Crippen LogP contribution in [0, 0.1) is 13.8 Å². The van der Waals surface area contributed by atoms with Crippen LogP contribution in [0.3, 0.4) is 0 Å². The number of carbonyl (C=O) groups excluding carboxylic acids is 1. The number of nitrogens with zero attached hydrogens (tertiary/aromatic N) is 3. The number of hydrogen-bond acceptors (Lipinski definition) is 4. The molecule has 0 unspecified atom stereocenters. The van der Waals surface area contributed by atoms with E-state index in [2.05, 4.69) is 54.1 Å². The predicted octanol–water partition coefficient (Wildman–Crippen LogP) is 3.21. The molecule has 2 aromatic carbocycles. The van der Waals surface area contributed by atoms with E-state index in [0.29, 0.717) is 19.6 Å². The number of nitrogens with two attached hydrogens (primary N) is 1. The van der Waals surface area contributed by atoms with Crippen LogP contribution in [0.25, 0.3) is 11.3 Å². The molecule has 3 N–H and O–H groups in total. The average Bonchev–Trinajstić information content (AvgIpc) is 3.05. The van der Waals surface area contributed by atoms with Crippen LogP contribution in [0.5, 0.6) is 0 Å². The molecular weight excluding hydrogens is 350 g/mol. The minimum absolute atomic E-state index is 0.0277. The van der Waals surface area contributed by atoms with Crippen LogP contribution in [-0.2, 0) is 17.9 Å². The third-order valence-electron chi connectivity index (χ3n) is 5.03. The van der Waals surface area contributed by atoms with Gasteiger partial charge in [0.15, 0.2) is 0 Å². The van der Waals surface area contributed by atoms with Gasteiger partial charge in [-0.3, -0.25) is 4.79 Å². The van der Waals surface area contributed by atoms with Crippen molar-refractivity contribution in [2.45, 2.75) is 26.9 Å². The maximum Gasteiger partial charge on any atom is 0.236 e. The van der Waals surface area contributed by atoms with Crippen molar-refractivity contribution < 1.29 is 4.79 Å². The molecule has 0 spiro atoms. The van der Waals surface area contributed by atoms with Crippen LogP contribution in [0.15, 0.2) is 48.5 Å². The van der Waals surface area contributed by atoms with E-state index in [0.717, 1.165) is 28.6 Å². The molecule has 0 aliphatic carbocycles. The molecule has 0 saturated heterocycles. The lowest BCUT2D eigenvalue weighted by Crippen LogP contribution is -2.41. The van der Waals surface area contributed by atoms with E-state index in [1.54, 1.807) is 4.90 Å². The van der Waals surface area contributed by atoms with Crippen LogP contribution in [0.4, 0.5) is 11.5 Å². The summed E-state index contributed by atoms with van der Waals surface area (Å²) in [6.07, 6.45) is 0. The maximum absolute atomic E-state index is 12.1. The molecule has 1 amide bonds. The smallest absolute Gasteiger partial charge is 0.236 e. The third-order valence-corrected chi connectivity index (χ3v) is 5.03. The standard InChI is InChI=1S/C22H25N5O/c1-15-10-16(2)12-18(11-15)24-22-21(17-6-4-3-5-7-17)25-19-14-26(20(28)13-23)8-9-27(19)22/h3-7,10-12,24H,8-9,13-14,23H2,1-2H3. The Kier molecular flexibility index (Phi) is 4.88. The lowest BCUT2D eigenvalue weighted by atomic mass is 10.1. The number of hydrogen-bond donors (Lipinski definition) is 2. The van der Waals surface area contributed by atoms with Crippen molar-refractivity contribution in [1.29, 1.82) is 0 Å². The second-order valence-electron chi connectivity index (χ2n) is 7.26. The number of anilines is 2. The fourth-order valence-corrected chi connectivity index (χ4v) is 3.78. The van der Waals surface area contributed by atoms with Gasteiger partial charge in [-0.05, 0) is 37.1 Å². The lowest BCUT2D eigenvalue weighted by molar-refractivity contribution is -0.131. The van der Waals surface area contributed by atoms with E-state index in [1.165, 1.54) is 11.1 Å². The molecule has 0 radical (unpaired) electrons. The Balaban J connectivity index is 1.78. The Morgan fingerprint density at radius 3 is 2.50 bits per heavy atom. The minimum atomic E-state index is -0.0423. The quantitative estimate of drug-likeness (QED) is 0.734. The second kappa shape index (κ2) is 7.48. The molecule has 28 heavy (non-hydrogen) atoms. The van der Waals surface area contributed by atoms with Crippen molar-refractivity contribution in [1.82, 2.24) is 14.5 Å². The van der Waals surface area contributed by atoms with E-state index >= 15 is 0 Å². The van der Waals surface area contributed by atoms with E-state index in [1.807, 2.05) is 18.2 Å². The van der Waals surface area contributed by atoms with Crippen LogP contribution >= 0.6 is 0 Å². The number of rotatable bonds is 4. The molecule has 6 nitrogen and oxygen atoms in total. The molecular formula is C22H25N5O. The Morgan fingerprint density at radius 2 is 1.82 bits per heavy atom. The summed E-state index contributed by atoms with van der Waals surface area (Å²) in [5.41, 5.74) is 11.0. The third kappa shape index (κ3) is 3.51. The molecule has 3 aromatic rings. The average molecular weight is 375 g/mol. The fourth-order valence-electron chi connectivity index (χ4n) is 3.78. The number of carbonyl (C=O) groups is 1. The first-order valence-electron chi connectivity index (χ1n) is 9.53. The summed E-state index contributed by atoms with van der Waals surface area (Å²) in [5.74, 6) is 1.80. The molecule has 1 aliphatic heterocycles. The molecule has 0 bridgehead atoms. The zero-order valence-electron chi connectivity index (χ0n) is 16.3. The van der Waals surface area contributed by atoms with Gasteiger partial charge in [-0.1, -0.05) is 36.4 Å². The van der Waals surface area contributed by atoms with Crippen molar-refractivity contribution in [3.8, 4) is 11.3 Å². The summed E-state index contributed by atoms with van der Waals surface area (Å²) in [7, 11) is 0. The first-order valence-corrected chi connectivity index (χ1v) is 9.53. The zero-order valence-corrected chi connectivity index (χ0v) is 16.3. The highest BCUT2D eigenvalue weighted by atomic mass is 16.2. The molecule has 1 aromatic heterocycles. The van der Waals surface area contributed by atoms with Gasteiger partial charge in [-0.15, -0.1) is 0 Å². The van der Waals surface area contributed by atoms with Crippen molar-refractivity contribution in [2.24, 2.45) is 5.73 Å². The molecule has 0 atom stereocenters. The van der Waals surface area contributed by atoms with Crippen LogP contribution in [-0.4, -0.2) is 33.4 Å². The van der Waals surface area contributed by atoms with Crippen molar-refractivity contribution in [3.05, 3.63) is 65.5 Å². The highest BCUT2D eigenvalue weighted by Crippen LogP contribution is 2.33. The van der Waals surface area contributed by atoms with E-state index in [9.17, 15) is 4.79 Å². The van der Waals surface area contributed by atoms with Gasteiger partial charge >= 0.3 is 0 Å². The van der Waals surface area contributed by atoms with Gasteiger partial charge in [0, 0.05) is 24.3 Å². The van der Waals surface area contributed by atoms with Crippen molar-refractivity contribution in [3.63, 3.8) is 0 Å². The Morgan fingerprint density at radius 1 is 1.11 bits per heavy atom. The van der Waals surface area contributed by atoms with E-state index in [4.69, 9.17) is 10.7 Å².